The molecule has 0 aliphatic heterocycles. The van der Waals surface area contributed by atoms with Crippen LogP contribution in [0.25, 0.3) is 27.6 Å². The van der Waals surface area contributed by atoms with E-state index in [-0.39, 0.29) is 5.56 Å². The summed E-state index contributed by atoms with van der Waals surface area (Å²) in [5, 5.41) is 1.47. The minimum absolute atomic E-state index is 0.192. The summed E-state index contributed by atoms with van der Waals surface area (Å²) < 4.78 is 8.91. The van der Waals surface area contributed by atoms with Crippen LogP contribution in [0, 0.1) is 6.92 Å². The standard InChI is InChI=1S/C25H21ClN4O2/c1-15-20(5-4-12-27-15)30-21-14-17(26)8-11-19(21)24-23(25(30)31)28-22(29(24)2)13-16-6-9-18(32-3)10-7-16/h4-12,14H,13H2,1-3H3. The Labute approximate surface area is 189 Å². The third kappa shape index (κ3) is 3.24. The summed E-state index contributed by atoms with van der Waals surface area (Å²) in [4.78, 5) is 22.9. The van der Waals surface area contributed by atoms with Crippen LogP contribution in [0.1, 0.15) is 17.1 Å². The molecule has 0 N–H and O–H groups in total. The van der Waals surface area contributed by atoms with E-state index in [2.05, 4.69) is 4.98 Å². The number of ether oxygens (including phenoxy) is 1. The van der Waals surface area contributed by atoms with E-state index in [1.165, 1.54) is 0 Å². The van der Waals surface area contributed by atoms with E-state index in [1.807, 2.05) is 73.1 Å². The first-order chi connectivity index (χ1) is 15.5. The molecule has 5 aromatic rings. The van der Waals surface area contributed by atoms with E-state index >= 15 is 0 Å². The van der Waals surface area contributed by atoms with Crippen LogP contribution < -0.4 is 10.3 Å². The van der Waals surface area contributed by atoms with Crippen LogP contribution in [0.4, 0.5) is 0 Å². The number of pyridine rings is 2. The molecule has 0 saturated carbocycles. The fraction of sp³-hybridized carbons (Fsp3) is 0.160. The van der Waals surface area contributed by atoms with Crippen LogP contribution in [0.2, 0.25) is 5.02 Å². The summed E-state index contributed by atoms with van der Waals surface area (Å²) >= 11 is 6.33. The molecule has 7 heteroatoms. The zero-order valence-electron chi connectivity index (χ0n) is 18.0. The number of rotatable bonds is 4. The molecule has 0 aliphatic carbocycles. The van der Waals surface area contributed by atoms with Gasteiger partial charge in [-0.05, 0) is 55.0 Å². The van der Waals surface area contributed by atoms with E-state index in [1.54, 1.807) is 17.9 Å². The normalized spacial score (nSPS) is 11.4. The van der Waals surface area contributed by atoms with E-state index < -0.39 is 0 Å². The number of fused-ring (bicyclic) bond motifs is 3. The Morgan fingerprint density at radius 2 is 1.88 bits per heavy atom. The number of methoxy groups -OCH3 is 1. The Balaban J connectivity index is 1.79. The highest BCUT2D eigenvalue weighted by atomic mass is 35.5. The van der Waals surface area contributed by atoms with Gasteiger partial charge in [0.15, 0.2) is 5.52 Å². The fourth-order valence-electron chi connectivity index (χ4n) is 4.14. The number of aromatic nitrogens is 4. The van der Waals surface area contributed by atoms with Gasteiger partial charge in [0.1, 0.15) is 11.6 Å². The monoisotopic (exact) mass is 444 g/mol. The van der Waals surface area contributed by atoms with E-state index in [9.17, 15) is 4.79 Å². The Bertz CT molecular complexity index is 1530. The first-order valence-corrected chi connectivity index (χ1v) is 10.6. The molecule has 6 nitrogen and oxygen atoms in total. The predicted octanol–water partition coefficient (Wildman–Crippen LogP) is 4.83. The second-order valence-corrected chi connectivity index (χ2v) is 8.16. The van der Waals surface area contributed by atoms with Crippen molar-refractivity contribution >= 4 is 33.5 Å². The molecule has 0 atom stereocenters. The highest BCUT2D eigenvalue weighted by molar-refractivity contribution is 6.31. The van der Waals surface area contributed by atoms with Crippen LogP contribution in [0.15, 0.2) is 65.6 Å². The molecule has 0 fully saturated rings. The molecule has 0 bridgehead atoms. The Kier molecular flexibility index (Phi) is 4.94. The number of imidazole rings is 1. The quantitative estimate of drug-likeness (QED) is 0.398. The molecular formula is C25H21ClN4O2. The SMILES string of the molecule is COc1ccc(Cc2nc3c(=O)n(-c4cccnc4C)c4cc(Cl)ccc4c3n2C)cc1. The fourth-order valence-corrected chi connectivity index (χ4v) is 4.31. The van der Waals surface area contributed by atoms with Gasteiger partial charge in [0, 0.05) is 30.1 Å². The van der Waals surface area contributed by atoms with Crippen molar-refractivity contribution in [3.05, 3.63) is 93.3 Å². The first-order valence-electron chi connectivity index (χ1n) is 10.2. The topological polar surface area (TPSA) is 61.9 Å². The minimum Gasteiger partial charge on any atom is -0.497 e. The van der Waals surface area contributed by atoms with Gasteiger partial charge < -0.3 is 9.30 Å². The second kappa shape index (κ2) is 7.80. The zero-order chi connectivity index (χ0) is 22.4. The van der Waals surface area contributed by atoms with E-state index in [0.29, 0.717) is 22.6 Å². The lowest BCUT2D eigenvalue weighted by Crippen LogP contribution is -2.20. The smallest absolute Gasteiger partial charge is 0.283 e. The number of halogens is 1. The van der Waals surface area contributed by atoms with Gasteiger partial charge in [-0.25, -0.2) is 4.98 Å². The van der Waals surface area contributed by atoms with Gasteiger partial charge in [0.25, 0.3) is 5.56 Å². The molecule has 0 unspecified atom stereocenters. The van der Waals surface area contributed by atoms with Gasteiger partial charge in [0.05, 0.1) is 29.5 Å². The molecule has 0 saturated heterocycles. The third-order valence-corrected chi connectivity index (χ3v) is 6.03. The van der Waals surface area contributed by atoms with Crippen molar-refractivity contribution in [3.8, 4) is 11.4 Å². The second-order valence-electron chi connectivity index (χ2n) is 7.72. The number of nitrogens with zero attached hydrogens (tertiary/aromatic N) is 4. The van der Waals surface area contributed by atoms with Gasteiger partial charge in [-0.15, -0.1) is 0 Å². The average molecular weight is 445 g/mol. The Morgan fingerprint density at radius 3 is 2.59 bits per heavy atom. The van der Waals surface area contributed by atoms with Crippen molar-refractivity contribution in [2.45, 2.75) is 13.3 Å². The van der Waals surface area contributed by atoms with Crippen molar-refractivity contribution in [1.82, 2.24) is 19.1 Å². The molecule has 160 valence electrons. The van der Waals surface area contributed by atoms with Gasteiger partial charge in [0.2, 0.25) is 0 Å². The number of aryl methyl sites for hydroxylation is 2. The molecule has 3 aromatic heterocycles. The Morgan fingerprint density at radius 1 is 1.09 bits per heavy atom. The van der Waals surface area contributed by atoms with Crippen LogP contribution in [-0.4, -0.2) is 26.2 Å². The summed E-state index contributed by atoms with van der Waals surface area (Å²) in [7, 11) is 3.59. The van der Waals surface area contributed by atoms with Crippen LogP contribution in [0.5, 0.6) is 5.75 Å². The van der Waals surface area contributed by atoms with Crippen molar-refractivity contribution in [2.24, 2.45) is 7.05 Å². The van der Waals surface area contributed by atoms with Crippen LogP contribution in [0.3, 0.4) is 0 Å². The van der Waals surface area contributed by atoms with E-state index in [0.717, 1.165) is 39.3 Å². The molecule has 0 spiro atoms. The maximum atomic E-state index is 13.7. The summed E-state index contributed by atoms with van der Waals surface area (Å²) in [6.45, 7) is 1.88. The molecule has 0 radical (unpaired) electrons. The summed E-state index contributed by atoms with van der Waals surface area (Å²) in [6.07, 6.45) is 2.31. The van der Waals surface area contributed by atoms with Gasteiger partial charge in [-0.1, -0.05) is 23.7 Å². The highest BCUT2D eigenvalue weighted by Gasteiger charge is 2.20. The first kappa shape index (κ1) is 20.3. The Hall–Kier alpha value is -3.64. The molecule has 0 amide bonds. The van der Waals surface area contributed by atoms with Crippen molar-refractivity contribution in [3.63, 3.8) is 0 Å². The molecule has 2 aromatic carbocycles. The molecule has 3 heterocycles. The lowest BCUT2D eigenvalue weighted by Gasteiger charge is -2.14. The zero-order valence-corrected chi connectivity index (χ0v) is 18.7. The van der Waals surface area contributed by atoms with Gasteiger partial charge in [-0.2, -0.15) is 0 Å². The lowest BCUT2D eigenvalue weighted by molar-refractivity contribution is 0.414. The summed E-state index contributed by atoms with van der Waals surface area (Å²) in [6, 6.07) is 17.2. The number of benzene rings is 2. The molecule has 32 heavy (non-hydrogen) atoms. The lowest BCUT2D eigenvalue weighted by atomic mass is 10.1. The maximum Gasteiger partial charge on any atom is 0.283 e. The maximum absolute atomic E-state index is 13.7. The average Bonchev–Trinajstić information content (AvgIpc) is 3.12. The van der Waals surface area contributed by atoms with Gasteiger partial charge >= 0.3 is 0 Å². The van der Waals surface area contributed by atoms with Crippen molar-refractivity contribution in [2.75, 3.05) is 7.11 Å². The summed E-state index contributed by atoms with van der Waals surface area (Å²) in [5.41, 5.74) is 4.31. The number of hydrogen-bond donors (Lipinski definition) is 0. The van der Waals surface area contributed by atoms with Crippen molar-refractivity contribution < 1.29 is 4.74 Å². The van der Waals surface area contributed by atoms with E-state index in [4.69, 9.17) is 21.3 Å². The molecule has 0 aliphatic rings. The van der Waals surface area contributed by atoms with Crippen molar-refractivity contribution in [1.29, 1.82) is 0 Å². The number of hydrogen-bond acceptors (Lipinski definition) is 4. The van der Waals surface area contributed by atoms with Gasteiger partial charge in [-0.3, -0.25) is 14.3 Å². The van der Waals surface area contributed by atoms with Crippen LogP contribution in [-0.2, 0) is 13.5 Å². The highest BCUT2D eigenvalue weighted by Crippen LogP contribution is 2.29. The summed E-state index contributed by atoms with van der Waals surface area (Å²) in [5.74, 6) is 1.61. The minimum atomic E-state index is -0.192. The third-order valence-electron chi connectivity index (χ3n) is 5.79. The predicted molar refractivity (Wildman–Crippen MR) is 127 cm³/mol. The largest absolute Gasteiger partial charge is 0.497 e. The molecule has 5 rings (SSSR count). The molecular weight excluding hydrogens is 424 g/mol. The van der Waals surface area contributed by atoms with Crippen LogP contribution >= 0.6 is 11.6 Å².